The molecule has 2 N–H and O–H groups in total. The fourth-order valence-corrected chi connectivity index (χ4v) is 3.11. The molecule has 0 unspecified atom stereocenters. The molecule has 5 nitrogen and oxygen atoms in total. The zero-order valence-electron chi connectivity index (χ0n) is 16.8. The van der Waals surface area contributed by atoms with Crippen molar-refractivity contribution in [2.75, 3.05) is 11.9 Å². The van der Waals surface area contributed by atoms with E-state index in [1.807, 2.05) is 61.5 Å². The molecule has 0 aliphatic carbocycles. The number of hydrogen-bond donors (Lipinski definition) is 2. The summed E-state index contributed by atoms with van der Waals surface area (Å²) in [6.45, 7) is 2.85. The average molecular weight is 474 g/mol. The number of halogens is 2. The number of benzene rings is 3. The lowest BCUT2D eigenvalue weighted by Crippen LogP contribution is -2.23. The van der Waals surface area contributed by atoms with Crippen molar-refractivity contribution in [1.82, 2.24) is 5.43 Å². The van der Waals surface area contributed by atoms with Crippen molar-refractivity contribution in [1.29, 1.82) is 0 Å². The maximum absolute atomic E-state index is 5.97. The normalized spacial score (nSPS) is 10.7. The van der Waals surface area contributed by atoms with Gasteiger partial charge in [-0.3, -0.25) is 5.43 Å². The Labute approximate surface area is 197 Å². The molecule has 0 spiro atoms. The third kappa shape index (κ3) is 7.43. The van der Waals surface area contributed by atoms with Crippen LogP contribution in [0.15, 0.2) is 71.8 Å². The summed E-state index contributed by atoms with van der Waals surface area (Å²) in [6, 6.07) is 20.4. The fourth-order valence-electron chi connectivity index (χ4n) is 2.62. The van der Waals surface area contributed by atoms with E-state index >= 15 is 0 Å². The van der Waals surface area contributed by atoms with Gasteiger partial charge in [-0.05, 0) is 78.8 Å². The van der Waals surface area contributed by atoms with Gasteiger partial charge in [0, 0.05) is 15.7 Å². The van der Waals surface area contributed by atoms with Crippen molar-refractivity contribution in [3.8, 4) is 11.5 Å². The van der Waals surface area contributed by atoms with Crippen molar-refractivity contribution >= 4 is 52.4 Å². The van der Waals surface area contributed by atoms with E-state index in [1.54, 1.807) is 18.3 Å². The SMILES string of the molecule is CCOc1cc(/C=N/NC(=S)Nc2cccc(Cl)c2)ccc1OCc1ccc(Cl)cc1. The Morgan fingerprint density at radius 3 is 2.52 bits per heavy atom. The van der Waals surface area contributed by atoms with Crippen molar-refractivity contribution in [2.45, 2.75) is 13.5 Å². The molecule has 0 aliphatic heterocycles. The molecule has 0 saturated heterocycles. The maximum atomic E-state index is 5.97. The minimum absolute atomic E-state index is 0.353. The minimum atomic E-state index is 0.353. The predicted molar refractivity (Wildman–Crippen MR) is 132 cm³/mol. The highest BCUT2D eigenvalue weighted by molar-refractivity contribution is 7.80. The molecule has 31 heavy (non-hydrogen) atoms. The van der Waals surface area contributed by atoms with Crippen LogP contribution in [0.5, 0.6) is 11.5 Å². The van der Waals surface area contributed by atoms with Crippen LogP contribution in [0.3, 0.4) is 0 Å². The largest absolute Gasteiger partial charge is 0.490 e. The summed E-state index contributed by atoms with van der Waals surface area (Å²) in [5.41, 5.74) is 5.41. The Kier molecular flexibility index (Phi) is 8.53. The predicted octanol–water partition coefficient (Wildman–Crippen LogP) is 6.29. The summed E-state index contributed by atoms with van der Waals surface area (Å²) in [5.74, 6) is 1.29. The first kappa shape index (κ1) is 22.9. The zero-order valence-corrected chi connectivity index (χ0v) is 19.1. The molecule has 3 aromatic rings. The van der Waals surface area contributed by atoms with E-state index in [2.05, 4.69) is 15.8 Å². The van der Waals surface area contributed by atoms with Gasteiger partial charge in [-0.15, -0.1) is 0 Å². The van der Waals surface area contributed by atoms with Gasteiger partial charge in [-0.2, -0.15) is 5.10 Å². The molecular formula is C23H21Cl2N3O2S. The molecule has 0 amide bonds. The highest BCUT2D eigenvalue weighted by Gasteiger charge is 2.07. The lowest BCUT2D eigenvalue weighted by atomic mass is 10.2. The summed E-state index contributed by atoms with van der Waals surface area (Å²) < 4.78 is 11.6. The minimum Gasteiger partial charge on any atom is -0.490 e. The molecule has 3 rings (SSSR count). The van der Waals surface area contributed by atoms with Gasteiger partial charge in [0.15, 0.2) is 16.6 Å². The van der Waals surface area contributed by atoms with Gasteiger partial charge in [-0.25, -0.2) is 0 Å². The van der Waals surface area contributed by atoms with Crippen LogP contribution in [-0.4, -0.2) is 17.9 Å². The summed E-state index contributed by atoms with van der Waals surface area (Å²) in [4.78, 5) is 0. The Hall–Kier alpha value is -2.80. The van der Waals surface area contributed by atoms with Gasteiger partial charge in [0.1, 0.15) is 6.61 Å². The zero-order chi connectivity index (χ0) is 22.1. The van der Waals surface area contributed by atoms with Gasteiger partial charge in [0.2, 0.25) is 0 Å². The van der Waals surface area contributed by atoms with Crippen LogP contribution in [0.25, 0.3) is 0 Å². The van der Waals surface area contributed by atoms with Gasteiger partial charge >= 0.3 is 0 Å². The Morgan fingerprint density at radius 1 is 0.968 bits per heavy atom. The standard InChI is InChI=1S/C23H21Cl2N3O2S/c1-2-29-22-12-17(8-11-21(22)30-15-16-6-9-18(24)10-7-16)14-26-28-23(31)27-20-5-3-4-19(25)13-20/h3-14H,2,15H2,1H3,(H2,27,28,31)/b26-14+. The van der Waals surface area contributed by atoms with Crippen LogP contribution in [0.4, 0.5) is 5.69 Å². The molecule has 3 aromatic carbocycles. The van der Waals surface area contributed by atoms with E-state index < -0.39 is 0 Å². The summed E-state index contributed by atoms with van der Waals surface area (Å²) >= 11 is 17.1. The highest BCUT2D eigenvalue weighted by atomic mass is 35.5. The van der Waals surface area contributed by atoms with E-state index in [1.165, 1.54) is 0 Å². The van der Waals surface area contributed by atoms with Crippen molar-refractivity contribution in [3.05, 3.63) is 87.9 Å². The monoisotopic (exact) mass is 473 g/mol. The van der Waals surface area contributed by atoms with Crippen molar-refractivity contribution in [3.63, 3.8) is 0 Å². The average Bonchev–Trinajstić information content (AvgIpc) is 2.74. The Bertz CT molecular complexity index is 1060. The quantitative estimate of drug-likeness (QED) is 0.228. The molecule has 0 saturated carbocycles. The molecule has 0 heterocycles. The molecule has 0 aromatic heterocycles. The van der Waals surface area contributed by atoms with Crippen LogP contribution in [0, 0.1) is 0 Å². The van der Waals surface area contributed by atoms with E-state index in [-0.39, 0.29) is 0 Å². The third-order valence-corrected chi connectivity index (χ3v) is 4.72. The number of thiocarbonyl (C=S) groups is 1. The molecule has 160 valence electrons. The molecule has 8 heteroatoms. The highest BCUT2D eigenvalue weighted by Crippen LogP contribution is 2.29. The molecule has 0 atom stereocenters. The van der Waals surface area contributed by atoms with Gasteiger partial charge in [0.05, 0.1) is 12.8 Å². The molecule has 0 bridgehead atoms. The summed E-state index contributed by atoms with van der Waals surface area (Å²) in [7, 11) is 0. The molecule has 0 fully saturated rings. The number of rotatable bonds is 8. The number of hydrogen-bond acceptors (Lipinski definition) is 4. The van der Waals surface area contributed by atoms with E-state index in [0.29, 0.717) is 39.9 Å². The first-order valence-electron chi connectivity index (χ1n) is 9.53. The Morgan fingerprint density at radius 2 is 1.77 bits per heavy atom. The van der Waals surface area contributed by atoms with Crippen LogP contribution < -0.4 is 20.2 Å². The molecule has 0 aliphatic rings. The first-order valence-corrected chi connectivity index (χ1v) is 10.7. The van der Waals surface area contributed by atoms with E-state index in [4.69, 9.17) is 44.9 Å². The number of hydrazone groups is 1. The Balaban J connectivity index is 1.60. The van der Waals surface area contributed by atoms with Crippen molar-refractivity contribution < 1.29 is 9.47 Å². The van der Waals surface area contributed by atoms with Crippen LogP contribution in [0.2, 0.25) is 10.0 Å². The second-order valence-corrected chi connectivity index (χ2v) is 7.67. The van der Waals surface area contributed by atoms with Crippen molar-refractivity contribution in [2.24, 2.45) is 5.10 Å². The number of anilines is 1. The maximum Gasteiger partial charge on any atom is 0.191 e. The molecule has 0 radical (unpaired) electrons. The van der Waals surface area contributed by atoms with Crippen LogP contribution in [-0.2, 0) is 6.61 Å². The number of nitrogens with zero attached hydrogens (tertiary/aromatic N) is 1. The smallest absolute Gasteiger partial charge is 0.191 e. The van der Waals surface area contributed by atoms with Gasteiger partial charge < -0.3 is 14.8 Å². The second-order valence-electron chi connectivity index (χ2n) is 6.39. The van der Waals surface area contributed by atoms with Crippen LogP contribution >= 0.6 is 35.4 Å². The van der Waals surface area contributed by atoms with Gasteiger partial charge in [0.25, 0.3) is 0 Å². The lowest BCUT2D eigenvalue weighted by molar-refractivity contribution is 0.269. The summed E-state index contributed by atoms with van der Waals surface area (Å²) in [5, 5.41) is 8.86. The molecular weight excluding hydrogens is 453 g/mol. The third-order valence-electron chi connectivity index (χ3n) is 4.04. The summed E-state index contributed by atoms with van der Waals surface area (Å²) in [6.07, 6.45) is 1.65. The topological polar surface area (TPSA) is 54.9 Å². The first-order chi connectivity index (χ1) is 15.0. The fraction of sp³-hybridized carbons (Fsp3) is 0.130. The number of nitrogens with one attached hydrogen (secondary N) is 2. The van der Waals surface area contributed by atoms with E-state index in [9.17, 15) is 0 Å². The van der Waals surface area contributed by atoms with Crippen LogP contribution in [0.1, 0.15) is 18.1 Å². The number of ether oxygens (including phenoxy) is 2. The van der Waals surface area contributed by atoms with Gasteiger partial charge in [-0.1, -0.05) is 41.4 Å². The second kappa shape index (κ2) is 11.6. The lowest BCUT2D eigenvalue weighted by Gasteiger charge is -2.13. The van der Waals surface area contributed by atoms with E-state index in [0.717, 1.165) is 16.8 Å².